The van der Waals surface area contributed by atoms with Crippen molar-refractivity contribution in [2.45, 2.75) is 70.2 Å². The van der Waals surface area contributed by atoms with Crippen LogP contribution in [0.1, 0.15) is 73.1 Å². The number of H-pyrrole nitrogens is 1. The maximum atomic E-state index is 13.8. The molecule has 2 aromatic heterocycles. The van der Waals surface area contributed by atoms with Gasteiger partial charge in [0.25, 0.3) is 5.56 Å². The van der Waals surface area contributed by atoms with E-state index in [2.05, 4.69) is 31.5 Å². The summed E-state index contributed by atoms with van der Waals surface area (Å²) in [4.78, 5) is 19.3. The second kappa shape index (κ2) is 11.3. The van der Waals surface area contributed by atoms with Crippen molar-refractivity contribution < 1.29 is 9.47 Å². The molecule has 6 rings (SSSR count). The summed E-state index contributed by atoms with van der Waals surface area (Å²) in [5, 5.41) is 14.2. The fourth-order valence-electron chi connectivity index (χ4n) is 6.21. The fraction of sp³-hybridized carbons (Fsp3) is 0.467. The van der Waals surface area contributed by atoms with Crippen LogP contribution in [0.3, 0.4) is 0 Å². The van der Waals surface area contributed by atoms with Crippen molar-refractivity contribution in [3.05, 3.63) is 81.4 Å². The number of aromatic nitrogens is 5. The summed E-state index contributed by atoms with van der Waals surface area (Å²) >= 11 is 0. The average Bonchev–Trinajstić information content (AvgIpc) is 3.73. The van der Waals surface area contributed by atoms with Crippen LogP contribution in [0.4, 0.5) is 0 Å². The quantitative estimate of drug-likeness (QED) is 0.336. The lowest BCUT2D eigenvalue weighted by molar-refractivity contribution is 0.0569. The Morgan fingerprint density at radius 1 is 1.13 bits per heavy atom. The van der Waals surface area contributed by atoms with Crippen LogP contribution in [0.2, 0.25) is 0 Å². The Morgan fingerprint density at radius 2 is 1.97 bits per heavy atom. The van der Waals surface area contributed by atoms with Gasteiger partial charge in [0.1, 0.15) is 11.8 Å². The highest BCUT2D eigenvalue weighted by atomic mass is 16.5. The molecule has 3 heterocycles. The number of nitrogens with one attached hydrogen (secondary N) is 1. The second-order valence-electron chi connectivity index (χ2n) is 10.8. The Morgan fingerprint density at radius 3 is 2.77 bits per heavy atom. The van der Waals surface area contributed by atoms with Crippen molar-refractivity contribution in [2.24, 2.45) is 0 Å². The lowest BCUT2D eigenvalue weighted by Crippen LogP contribution is -2.39. The molecule has 2 atom stereocenters. The van der Waals surface area contributed by atoms with Gasteiger partial charge in [0.05, 0.1) is 24.8 Å². The summed E-state index contributed by atoms with van der Waals surface area (Å²) in [5.74, 6) is 1.51. The number of tetrazole rings is 1. The van der Waals surface area contributed by atoms with Crippen LogP contribution in [-0.4, -0.2) is 56.5 Å². The first kappa shape index (κ1) is 25.7. The van der Waals surface area contributed by atoms with Crippen molar-refractivity contribution in [3.63, 3.8) is 0 Å². The number of nitrogens with zero attached hydrogens (tertiary/aromatic N) is 5. The van der Waals surface area contributed by atoms with E-state index in [1.165, 1.54) is 0 Å². The number of pyridine rings is 1. The van der Waals surface area contributed by atoms with Crippen molar-refractivity contribution in [1.82, 2.24) is 30.1 Å². The van der Waals surface area contributed by atoms with Gasteiger partial charge in [-0.2, -0.15) is 0 Å². The lowest BCUT2D eigenvalue weighted by Gasteiger charge is -2.33. The van der Waals surface area contributed by atoms with Gasteiger partial charge < -0.3 is 14.5 Å². The van der Waals surface area contributed by atoms with Gasteiger partial charge in [-0.25, -0.2) is 4.68 Å². The van der Waals surface area contributed by atoms with Crippen LogP contribution in [0, 0.1) is 6.92 Å². The molecule has 1 saturated carbocycles. The summed E-state index contributed by atoms with van der Waals surface area (Å²) in [6.45, 7) is 4.02. The Balaban J connectivity index is 1.51. The molecule has 1 saturated heterocycles. The van der Waals surface area contributed by atoms with Gasteiger partial charge in [-0.05, 0) is 77.7 Å². The third kappa shape index (κ3) is 5.33. The van der Waals surface area contributed by atoms with E-state index in [-0.39, 0.29) is 17.7 Å². The first-order valence-corrected chi connectivity index (χ1v) is 14.0. The molecule has 4 aromatic rings. The number of hydrogen-bond donors (Lipinski definition) is 1. The number of rotatable bonds is 9. The molecule has 2 aromatic carbocycles. The zero-order chi connectivity index (χ0) is 26.8. The molecule has 39 heavy (non-hydrogen) atoms. The Hall–Kier alpha value is -3.56. The number of para-hydroxylation sites is 1. The van der Waals surface area contributed by atoms with E-state index in [0.717, 1.165) is 72.9 Å². The zero-order valence-electron chi connectivity index (χ0n) is 22.7. The van der Waals surface area contributed by atoms with Crippen LogP contribution >= 0.6 is 0 Å². The second-order valence-corrected chi connectivity index (χ2v) is 10.8. The van der Waals surface area contributed by atoms with E-state index in [1.807, 2.05) is 54.1 Å². The summed E-state index contributed by atoms with van der Waals surface area (Å²) in [6, 6.07) is 16.0. The Bertz CT molecular complexity index is 1490. The Kier molecular flexibility index (Phi) is 7.43. The molecule has 2 fully saturated rings. The van der Waals surface area contributed by atoms with Crippen molar-refractivity contribution >= 4 is 10.9 Å². The van der Waals surface area contributed by atoms with Crippen LogP contribution < -0.4 is 10.3 Å². The molecule has 0 bridgehead atoms. The van der Waals surface area contributed by atoms with Crippen LogP contribution in [-0.2, 0) is 11.3 Å². The average molecular weight is 529 g/mol. The minimum atomic E-state index is -0.454. The maximum Gasteiger partial charge on any atom is 0.253 e. The minimum absolute atomic E-state index is 0.0794. The van der Waals surface area contributed by atoms with Crippen LogP contribution in [0.5, 0.6) is 5.75 Å². The van der Waals surface area contributed by atoms with Crippen LogP contribution in [0.25, 0.3) is 10.9 Å². The molecule has 9 nitrogen and oxygen atoms in total. The van der Waals surface area contributed by atoms with Gasteiger partial charge >= 0.3 is 0 Å². The topological polar surface area (TPSA) is 98.2 Å². The van der Waals surface area contributed by atoms with Crippen molar-refractivity contribution in [3.8, 4) is 5.75 Å². The number of aromatic amines is 1. The molecular formula is C30H36N6O3. The highest BCUT2D eigenvalue weighted by Gasteiger charge is 2.35. The van der Waals surface area contributed by atoms with Crippen LogP contribution in [0.15, 0.2) is 53.3 Å². The fourth-order valence-corrected chi connectivity index (χ4v) is 6.21. The predicted octanol–water partition coefficient (Wildman–Crippen LogP) is 4.72. The first-order valence-electron chi connectivity index (χ1n) is 14.0. The smallest absolute Gasteiger partial charge is 0.253 e. The van der Waals surface area contributed by atoms with Gasteiger partial charge in [0.2, 0.25) is 0 Å². The summed E-state index contributed by atoms with van der Waals surface area (Å²) in [6.07, 6.45) is 6.51. The van der Waals surface area contributed by atoms with Gasteiger partial charge in [-0.15, -0.1) is 5.10 Å². The summed E-state index contributed by atoms with van der Waals surface area (Å²) in [7, 11) is 1.68. The SMILES string of the molecule is COc1cccc(CN(CC2CCCO2)C(c2cc3cccc(C)c3[nH]c2=O)c2nnnn2C2CCCC2)c1. The molecule has 0 amide bonds. The molecule has 204 valence electrons. The van der Waals surface area contributed by atoms with Crippen molar-refractivity contribution in [1.29, 1.82) is 0 Å². The number of ether oxygens (including phenoxy) is 2. The zero-order valence-corrected chi connectivity index (χ0v) is 22.7. The number of methoxy groups -OCH3 is 1. The van der Waals surface area contributed by atoms with E-state index in [4.69, 9.17) is 9.47 Å². The number of benzene rings is 2. The first-order chi connectivity index (χ1) is 19.1. The molecule has 1 aliphatic heterocycles. The summed E-state index contributed by atoms with van der Waals surface area (Å²) < 4.78 is 13.6. The molecule has 1 N–H and O–H groups in total. The normalized spacial score (nSPS) is 18.8. The Labute approximate surface area is 228 Å². The molecule has 1 aliphatic carbocycles. The number of aryl methyl sites for hydroxylation is 1. The van der Waals surface area contributed by atoms with Crippen molar-refractivity contribution in [2.75, 3.05) is 20.3 Å². The predicted molar refractivity (Wildman–Crippen MR) is 149 cm³/mol. The van der Waals surface area contributed by atoms with E-state index in [1.54, 1.807) is 7.11 Å². The number of fused-ring (bicyclic) bond motifs is 1. The van der Waals surface area contributed by atoms with E-state index in [0.29, 0.717) is 24.5 Å². The largest absolute Gasteiger partial charge is 0.497 e. The summed E-state index contributed by atoms with van der Waals surface area (Å²) in [5.41, 5.74) is 3.51. The third-order valence-electron chi connectivity index (χ3n) is 8.19. The highest BCUT2D eigenvalue weighted by Crippen LogP contribution is 2.35. The van der Waals surface area contributed by atoms with E-state index in [9.17, 15) is 4.79 Å². The van der Waals surface area contributed by atoms with E-state index >= 15 is 0 Å². The number of hydrogen-bond acceptors (Lipinski definition) is 7. The molecule has 0 radical (unpaired) electrons. The van der Waals surface area contributed by atoms with Gasteiger partial charge in [-0.1, -0.05) is 43.2 Å². The third-order valence-corrected chi connectivity index (χ3v) is 8.19. The van der Waals surface area contributed by atoms with E-state index < -0.39 is 6.04 Å². The standard InChI is InChI=1S/C30H36N6O3/c1-20-8-5-10-22-17-26(30(37)31-27(20)22)28(29-32-33-34-36(29)23-11-3-4-12-23)35(19-25-14-7-15-39-25)18-21-9-6-13-24(16-21)38-2/h5-6,8-10,13,16-17,23,25,28H,3-4,7,11-12,14-15,18-19H2,1-2H3,(H,31,37). The van der Waals surface area contributed by atoms with Gasteiger partial charge in [-0.3, -0.25) is 9.69 Å². The van der Waals surface area contributed by atoms with Gasteiger partial charge in [0, 0.05) is 25.3 Å². The molecule has 2 aliphatic rings. The molecular weight excluding hydrogens is 492 g/mol. The maximum absolute atomic E-state index is 13.8. The molecule has 0 spiro atoms. The lowest BCUT2D eigenvalue weighted by atomic mass is 10.00. The molecule has 2 unspecified atom stereocenters. The minimum Gasteiger partial charge on any atom is -0.497 e. The molecule has 9 heteroatoms. The monoisotopic (exact) mass is 528 g/mol. The van der Waals surface area contributed by atoms with Gasteiger partial charge in [0.15, 0.2) is 5.82 Å². The highest BCUT2D eigenvalue weighted by molar-refractivity contribution is 5.82.